The summed E-state index contributed by atoms with van der Waals surface area (Å²) in [5.41, 5.74) is 5.15. The number of carbonyl (C=O) groups is 1. The van der Waals surface area contributed by atoms with Crippen LogP contribution in [-0.4, -0.2) is 93.8 Å². The second-order valence-corrected chi connectivity index (χ2v) is 12.0. The highest BCUT2D eigenvalue weighted by molar-refractivity contribution is 5.82. The molecule has 2 saturated heterocycles. The fourth-order valence-electron chi connectivity index (χ4n) is 6.62. The van der Waals surface area contributed by atoms with Crippen LogP contribution in [0.2, 0.25) is 0 Å². The number of carbonyl (C=O) groups excluding carboxylic acids is 1. The number of hydrogen-bond donors (Lipinski definition) is 1. The van der Waals surface area contributed by atoms with Crippen LogP contribution in [-0.2, 0) is 16.1 Å². The molecule has 2 aliphatic rings. The molecule has 2 fully saturated rings. The molecule has 0 spiro atoms. The Kier molecular flexibility index (Phi) is 8.42. The summed E-state index contributed by atoms with van der Waals surface area (Å²) in [5, 5.41) is 0. The highest BCUT2D eigenvalue weighted by atomic mass is 16.5. The van der Waals surface area contributed by atoms with Gasteiger partial charge in [-0.1, -0.05) is 30.3 Å². The van der Waals surface area contributed by atoms with Crippen LogP contribution in [0.1, 0.15) is 24.1 Å². The van der Waals surface area contributed by atoms with Gasteiger partial charge in [0.2, 0.25) is 11.8 Å². The zero-order chi connectivity index (χ0) is 31.6. The molecule has 11 nitrogen and oxygen atoms in total. The van der Waals surface area contributed by atoms with E-state index in [0.29, 0.717) is 24.9 Å². The van der Waals surface area contributed by atoms with Crippen molar-refractivity contribution in [2.45, 2.75) is 25.9 Å². The molecule has 3 aromatic heterocycles. The minimum Gasteiger partial charge on any atom is -0.497 e. The van der Waals surface area contributed by atoms with Crippen molar-refractivity contribution in [2.24, 2.45) is 5.92 Å². The van der Waals surface area contributed by atoms with Gasteiger partial charge in [0.05, 0.1) is 55.0 Å². The molecular formula is C35H39N7O4. The Morgan fingerprint density at radius 1 is 1.04 bits per heavy atom. The van der Waals surface area contributed by atoms with Crippen molar-refractivity contribution in [3.8, 4) is 34.1 Å². The van der Waals surface area contributed by atoms with Gasteiger partial charge in [0.25, 0.3) is 0 Å². The number of hydrogen-bond acceptors (Lipinski definition) is 8. The number of nitrogens with one attached hydrogen (secondary N) is 1. The maximum Gasteiger partial charge on any atom is 0.243 e. The number of aromatic nitrogens is 5. The van der Waals surface area contributed by atoms with Gasteiger partial charge in [-0.3, -0.25) is 9.69 Å². The molecule has 1 unspecified atom stereocenters. The van der Waals surface area contributed by atoms with Crippen LogP contribution in [0, 0.1) is 12.8 Å². The van der Waals surface area contributed by atoms with Crippen LogP contribution in [0.3, 0.4) is 0 Å². The van der Waals surface area contributed by atoms with Crippen molar-refractivity contribution < 1.29 is 19.0 Å². The molecule has 0 bridgehead atoms. The van der Waals surface area contributed by atoms with Crippen molar-refractivity contribution in [2.75, 3.05) is 53.6 Å². The van der Waals surface area contributed by atoms with Gasteiger partial charge in [-0.15, -0.1) is 0 Å². The first kappa shape index (κ1) is 29.9. The van der Waals surface area contributed by atoms with Crippen LogP contribution in [0.25, 0.3) is 33.5 Å². The van der Waals surface area contributed by atoms with Crippen molar-refractivity contribution in [1.82, 2.24) is 34.3 Å². The van der Waals surface area contributed by atoms with Crippen LogP contribution < -0.4 is 9.47 Å². The number of amides is 1. The number of fused-ring (bicyclic) bond motifs is 1. The quantitative estimate of drug-likeness (QED) is 0.252. The van der Waals surface area contributed by atoms with Gasteiger partial charge >= 0.3 is 0 Å². The number of imidazole rings is 2. The highest BCUT2D eigenvalue weighted by Gasteiger charge is 2.35. The summed E-state index contributed by atoms with van der Waals surface area (Å²) in [6.07, 6.45) is 2.88. The third-order valence-corrected chi connectivity index (χ3v) is 9.09. The average Bonchev–Trinajstić information content (AvgIpc) is 3.86. The molecule has 0 radical (unpaired) electrons. The van der Waals surface area contributed by atoms with Crippen molar-refractivity contribution >= 4 is 16.9 Å². The Labute approximate surface area is 268 Å². The smallest absolute Gasteiger partial charge is 0.243 e. The van der Waals surface area contributed by atoms with Gasteiger partial charge in [0, 0.05) is 44.4 Å². The summed E-state index contributed by atoms with van der Waals surface area (Å²) >= 11 is 0. The maximum atomic E-state index is 14.1. The lowest BCUT2D eigenvalue weighted by Gasteiger charge is -2.41. The minimum absolute atomic E-state index is 0.0171. The summed E-state index contributed by atoms with van der Waals surface area (Å²) < 4.78 is 18.8. The van der Waals surface area contributed by atoms with E-state index in [1.165, 1.54) is 0 Å². The Bertz CT molecular complexity index is 1830. The van der Waals surface area contributed by atoms with Gasteiger partial charge in [-0.2, -0.15) is 0 Å². The number of pyridine rings is 1. The summed E-state index contributed by atoms with van der Waals surface area (Å²) in [6, 6.07) is 19.5. The molecule has 46 heavy (non-hydrogen) atoms. The third kappa shape index (κ3) is 5.95. The van der Waals surface area contributed by atoms with Crippen molar-refractivity contribution in [3.63, 3.8) is 0 Å². The second kappa shape index (κ2) is 12.9. The molecule has 0 saturated carbocycles. The minimum atomic E-state index is -0.260. The van der Waals surface area contributed by atoms with E-state index in [0.717, 1.165) is 83.7 Å². The SMILES string of the molecule is COc1ccc2nc(C)n(CC(=O)N3CCN(CC4CCOC4)C[C@H]3c3ncc(-c4ccc(-c5ccccc5)nc4OC)[nH]3)c2c1. The molecule has 0 aliphatic carbocycles. The number of H-pyrrole nitrogens is 1. The van der Waals surface area contributed by atoms with E-state index in [4.69, 9.17) is 29.2 Å². The predicted octanol–water partition coefficient (Wildman–Crippen LogP) is 4.74. The number of aryl methyl sites for hydroxylation is 1. The summed E-state index contributed by atoms with van der Waals surface area (Å²) in [5.74, 6) is 3.28. The molecular weight excluding hydrogens is 582 g/mol. The number of aromatic amines is 1. The van der Waals surface area contributed by atoms with Crippen molar-refractivity contribution in [3.05, 3.63) is 78.5 Å². The van der Waals surface area contributed by atoms with Gasteiger partial charge in [0.15, 0.2) is 0 Å². The first-order valence-electron chi connectivity index (χ1n) is 15.8. The molecule has 5 heterocycles. The lowest BCUT2D eigenvalue weighted by atomic mass is 10.1. The Balaban J connectivity index is 1.18. The fraction of sp³-hybridized carbons (Fsp3) is 0.371. The van der Waals surface area contributed by atoms with E-state index < -0.39 is 0 Å². The summed E-state index contributed by atoms with van der Waals surface area (Å²) in [6.45, 7) is 6.72. The molecule has 238 valence electrons. The number of ether oxygens (including phenoxy) is 3. The molecule has 2 aromatic carbocycles. The van der Waals surface area contributed by atoms with Gasteiger partial charge in [0.1, 0.15) is 30.0 Å². The molecule has 2 atom stereocenters. The molecule has 1 N–H and O–H groups in total. The van der Waals surface area contributed by atoms with Gasteiger partial charge < -0.3 is 28.7 Å². The summed E-state index contributed by atoms with van der Waals surface area (Å²) in [7, 11) is 3.27. The van der Waals surface area contributed by atoms with E-state index in [9.17, 15) is 4.79 Å². The monoisotopic (exact) mass is 621 g/mol. The zero-order valence-electron chi connectivity index (χ0n) is 26.5. The van der Waals surface area contributed by atoms with E-state index in [2.05, 4.69) is 9.88 Å². The van der Waals surface area contributed by atoms with Crippen molar-refractivity contribution in [1.29, 1.82) is 0 Å². The molecule has 1 amide bonds. The second-order valence-electron chi connectivity index (χ2n) is 12.0. The number of piperazine rings is 1. The van der Waals surface area contributed by atoms with E-state index >= 15 is 0 Å². The zero-order valence-corrected chi connectivity index (χ0v) is 26.5. The number of nitrogens with zero attached hydrogens (tertiary/aromatic N) is 6. The molecule has 11 heteroatoms. The first-order chi connectivity index (χ1) is 22.5. The first-order valence-corrected chi connectivity index (χ1v) is 15.8. The van der Waals surface area contributed by atoms with E-state index in [1.54, 1.807) is 14.2 Å². The Morgan fingerprint density at radius 2 is 1.91 bits per heavy atom. The molecule has 7 rings (SSSR count). The topological polar surface area (TPSA) is 111 Å². The van der Waals surface area contributed by atoms with Crippen LogP contribution in [0.4, 0.5) is 0 Å². The van der Waals surface area contributed by atoms with Gasteiger partial charge in [-0.25, -0.2) is 15.0 Å². The van der Waals surface area contributed by atoms with Crippen LogP contribution >= 0.6 is 0 Å². The largest absolute Gasteiger partial charge is 0.497 e. The normalized spacial score (nSPS) is 18.7. The molecule has 2 aliphatic heterocycles. The summed E-state index contributed by atoms with van der Waals surface area (Å²) in [4.78, 5) is 36.4. The maximum absolute atomic E-state index is 14.1. The lowest BCUT2D eigenvalue weighted by Crippen LogP contribution is -2.52. The Hall–Kier alpha value is -4.74. The number of rotatable bonds is 9. The Morgan fingerprint density at radius 3 is 2.70 bits per heavy atom. The number of methoxy groups -OCH3 is 2. The van der Waals surface area contributed by atoms with Gasteiger partial charge in [-0.05, 0) is 43.5 Å². The van der Waals surface area contributed by atoms with E-state index in [-0.39, 0.29) is 18.5 Å². The van der Waals surface area contributed by atoms with Crippen LogP contribution in [0.5, 0.6) is 11.6 Å². The predicted molar refractivity (Wildman–Crippen MR) is 175 cm³/mol. The van der Waals surface area contributed by atoms with Crippen LogP contribution in [0.15, 0.2) is 66.9 Å². The molecule has 5 aromatic rings. The standard InChI is InChI=1S/C35H39N7O4/c1-23-37-29-11-9-26(44-2)17-31(29)42(23)21-33(43)41-15-14-40(19-24-13-16-46-22-24)20-32(41)34-36-18-30(38-34)27-10-12-28(39-35(27)45-3)25-7-5-4-6-8-25/h4-12,17-18,24,32H,13-16,19-22H2,1-3H3,(H,36,38)/t24?,32-/m0/s1. The number of benzene rings is 2. The lowest BCUT2D eigenvalue weighted by molar-refractivity contribution is -0.137. The third-order valence-electron chi connectivity index (χ3n) is 9.09. The highest BCUT2D eigenvalue weighted by Crippen LogP contribution is 2.33. The fourth-order valence-corrected chi connectivity index (χ4v) is 6.62. The average molecular weight is 622 g/mol. The van der Waals surface area contributed by atoms with E-state index in [1.807, 2.05) is 83.3 Å².